The molecule has 0 aliphatic rings. The van der Waals surface area contributed by atoms with Crippen LogP contribution in [-0.4, -0.2) is 25.2 Å². The fraction of sp³-hybridized carbons (Fsp3) is 0.200. The predicted molar refractivity (Wildman–Crippen MR) is 116 cm³/mol. The molecular formula is C25H24O6. The molecule has 0 spiro atoms. The van der Waals surface area contributed by atoms with Gasteiger partial charge in [-0.2, -0.15) is 0 Å². The maximum Gasteiger partial charge on any atom is 0.347 e. The number of ether oxygens (including phenoxy) is 4. The highest BCUT2D eigenvalue weighted by Crippen LogP contribution is 2.27. The van der Waals surface area contributed by atoms with Gasteiger partial charge in [0.25, 0.3) is 0 Å². The first kappa shape index (κ1) is 21.9. The summed E-state index contributed by atoms with van der Waals surface area (Å²) in [4.78, 5) is 24.8. The van der Waals surface area contributed by atoms with Crippen LogP contribution < -0.4 is 14.2 Å². The van der Waals surface area contributed by atoms with Gasteiger partial charge in [0.2, 0.25) is 0 Å². The topological polar surface area (TPSA) is 71.1 Å². The Bertz CT molecular complexity index is 1010. The van der Waals surface area contributed by atoms with Crippen molar-refractivity contribution in [1.82, 2.24) is 0 Å². The Balaban J connectivity index is 1.64. The average molecular weight is 420 g/mol. The Labute approximate surface area is 181 Å². The lowest BCUT2D eigenvalue weighted by molar-refractivity contribution is 0.0472. The Morgan fingerprint density at radius 3 is 2.10 bits per heavy atom. The fourth-order valence-electron chi connectivity index (χ4n) is 2.83. The van der Waals surface area contributed by atoms with Crippen LogP contribution in [0.15, 0.2) is 72.8 Å². The van der Waals surface area contributed by atoms with Gasteiger partial charge in [0, 0.05) is 6.07 Å². The van der Waals surface area contributed by atoms with Crippen LogP contribution in [0.3, 0.4) is 0 Å². The van der Waals surface area contributed by atoms with E-state index < -0.39 is 11.9 Å². The van der Waals surface area contributed by atoms with Crippen LogP contribution in [0.2, 0.25) is 0 Å². The molecule has 3 aromatic carbocycles. The van der Waals surface area contributed by atoms with E-state index in [9.17, 15) is 9.59 Å². The monoisotopic (exact) mass is 420 g/mol. The molecule has 0 radical (unpaired) electrons. The van der Waals surface area contributed by atoms with Crippen LogP contribution in [0.4, 0.5) is 0 Å². The molecule has 160 valence electrons. The van der Waals surface area contributed by atoms with Crippen LogP contribution in [0, 0.1) is 0 Å². The summed E-state index contributed by atoms with van der Waals surface area (Å²) in [7, 11) is 0. The Kier molecular flexibility index (Phi) is 7.65. The molecule has 0 saturated carbocycles. The number of rotatable bonds is 9. The van der Waals surface area contributed by atoms with E-state index in [1.54, 1.807) is 42.5 Å². The Morgan fingerprint density at radius 2 is 1.42 bits per heavy atom. The first-order valence-electron chi connectivity index (χ1n) is 10.0. The van der Waals surface area contributed by atoms with E-state index in [1.807, 2.05) is 44.2 Å². The minimum Gasteiger partial charge on any atom is -0.494 e. The van der Waals surface area contributed by atoms with Crippen LogP contribution in [-0.2, 0) is 11.3 Å². The lowest BCUT2D eigenvalue weighted by Gasteiger charge is -2.12. The van der Waals surface area contributed by atoms with E-state index in [0.717, 1.165) is 5.56 Å². The van der Waals surface area contributed by atoms with E-state index in [4.69, 9.17) is 18.9 Å². The number of benzene rings is 3. The van der Waals surface area contributed by atoms with Crippen molar-refractivity contribution in [3.8, 4) is 17.2 Å². The Morgan fingerprint density at radius 1 is 0.742 bits per heavy atom. The van der Waals surface area contributed by atoms with Crippen LogP contribution >= 0.6 is 0 Å². The zero-order valence-corrected chi connectivity index (χ0v) is 17.5. The van der Waals surface area contributed by atoms with Gasteiger partial charge in [0.05, 0.1) is 18.8 Å². The summed E-state index contributed by atoms with van der Waals surface area (Å²) < 4.78 is 21.8. The molecule has 6 heteroatoms. The minimum atomic E-state index is -0.564. The van der Waals surface area contributed by atoms with Crippen molar-refractivity contribution < 1.29 is 28.5 Å². The van der Waals surface area contributed by atoms with E-state index in [2.05, 4.69) is 0 Å². The zero-order valence-electron chi connectivity index (χ0n) is 17.5. The number of hydrogen-bond donors (Lipinski definition) is 0. The summed E-state index contributed by atoms with van der Waals surface area (Å²) in [5.74, 6) is 0.291. The summed E-state index contributed by atoms with van der Waals surface area (Å²) in [6, 6.07) is 20.6. The predicted octanol–water partition coefficient (Wildman–Crippen LogP) is 5.06. The molecule has 0 saturated heterocycles. The number of hydrogen-bond acceptors (Lipinski definition) is 6. The highest BCUT2D eigenvalue weighted by molar-refractivity contribution is 5.94. The molecule has 3 aromatic rings. The molecule has 0 unspecified atom stereocenters. The van der Waals surface area contributed by atoms with Gasteiger partial charge >= 0.3 is 11.9 Å². The minimum absolute atomic E-state index is 0.189. The van der Waals surface area contributed by atoms with E-state index >= 15 is 0 Å². The number of carbonyl (C=O) groups is 2. The summed E-state index contributed by atoms with van der Waals surface area (Å²) in [5.41, 5.74) is 1.56. The van der Waals surface area contributed by atoms with Gasteiger partial charge < -0.3 is 18.9 Å². The van der Waals surface area contributed by atoms with Crippen molar-refractivity contribution >= 4 is 11.9 Å². The maximum atomic E-state index is 12.6. The van der Waals surface area contributed by atoms with Gasteiger partial charge in [-0.15, -0.1) is 0 Å². The lowest BCUT2D eigenvalue weighted by Crippen LogP contribution is -2.11. The molecule has 0 fully saturated rings. The van der Waals surface area contributed by atoms with E-state index in [0.29, 0.717) is 36.0 Å². The van der Waals surface area contributed by atoms with Crippen molar-refractivity contribution in [2.75, 3.05) is 13.2 Å². The second kappa shape index (κ2) is 10.8. The number of esters is 2. The third-order valence-corrected chi connectivity index (χ3v) is 4.30. The van der Waals surface area contributed by atoms with Crippen LogP contribution in [0.25, 0.3) is 0 Å². The quantitative estimate of drug-likeness (QED) is 0.356. The largest absolute Gasteiger partial charge is 0.494 e. The van der Waals surface area contributed by atoms with E-state index in [1.165, 1.54) is 0 Å². The second-order valence-corrected chi connectivity index (χ2v) is 6.50. The lowest BCUT2D eigenvalue weighted by atomic mass is 10.2. The molecule has 0 N–H and O–H groups in total. The molecule has 6 nitrogen and oxygen atoms in total. The van der Waals surface area contributed by atoms with Crippen LogP contribution in [0.5, 0.6) is 17.2 Å². The maximum absolute atomic E-state index is 12.6. The van der Waals surface area contributed by atoms with Crippen molar-refractivity contribution in [3.63, 3.8) is 0 Å². The molecule has 0 aromatic heterocycles. The first-order valence-corrected chi connectivity index (χ1v) is 10.0. The molecule has 0 amide bonds. The average Bonchev–Trinajstić information content (AvgIpc) is 2.79. The molecule has 0 heterocycles. The molecule has 0 aliphatic heterocycles. The van der Waals surface area contributed by atoms with Gasteiger partial charge in [0.1, 0.15) is 29.4 Å². The molecule has 0 aliphatic carbocycles. The second-order valence-electron chi connectivity index (χ2n) is 6.50. The van der Waals surface area contributed by atoms with Crippen molar-refractivity contribution in [2.45, 2.75) is 20.5 Å². The molecule has 3 rings (SSSR count). The molecule has 0 atom stereocenters. The van der Waals surface area contributed by atoms with Gasteiger partial charge in [0.15, 0.2) is 0 Å². The highest BCUT2D eigenvalue weighted by Gasteiger charge is 2.17. The first-order chi connectivity index (χ1) is 15.1. The van der Waals surface area contributed by atoms with Gasteiger partial charge in [-0.25, -0.2) is 9.59 Å². The zero-order chi connectivity index (χ0) is 22.1. The third kappa shape index (κ3) is 6.09. The van der Waals surface area contributed by atoms with Crippen LogP contribution in [0.1, 0.15) is 40.1 Å². The normalized spacial score (nSPS) is 10.3. The molecule has 0 bridgehead atoms. The SMILES string of the molecule is CCOc1ccc(C(=O)Oc2ccc(C(=O)OCc3ccccc3)cc2)c(OCC)c1. The Hall–Kier alpha value is -3.80. The third-order valence-electron chi connectivity index (χ3n) is 4.30. The van der Waals surface area contributed by atoms with Gasteiger partial charge in [-0.3, -0.25) is 0 Å². The van der Waals surface area contributed by atoms with E-state index in [-0.39, 0.29) is 12.2 Å². The van der Waals surface area contributed by atoms with Gasteiger partial charge in [-0.05, 0) is 55.8 Å². The van der Waals surface area contributed by atoms with Crippen molar-refractivity contribution in [2.24, 2.45) is 0 Å². The molecule has 31 heavy (non-hydrogen) atoms. The summed E-state index contributed by atoms with van der Waals surface area (Å²) in [6.07, 6.45) is 0. The number of carbonyl (C=O) groups excluding carboxylic acids is 2. The standard InChI is InChI=1S/C25H24O6/c1-3-28-21-14-15-22(23(16-21)29-4-2)25(27)31-20-12-10-19(11-13-20)24(26)30-17-18-8-6-5-7-9-18/h5-16H,3-4,17H2,1-2H3. The van der Waals surface area contributed by atoms with Crippen molar-refractivity contribution in [1.29, 1.82) is 0 Å². The summed E-state index contributed by atoms with van der Waals surface area (Å²) >= 11 is 0. The van der Waals surface area contributed by atoms with Crippen molar-refractivity contribution in [3.05, 3.63) is 89.5 Å². The van der Waals surface area contributed by atoms with Gasteiger partial charge in [-0.1, -0.05) is 30.3 Å². The smallest absolute Gasteiger partial charge is 0.347 e. The summed E-state index contributed by atoms with van der Waals surface area (Å²) in [5, 5.41) is 0. The summed E-state index contributed by atoms with van der Waals surface area (Å²) in [6.45, 7) is 4.81. The molecular weight excluding hydrogens is 396 g/mol. The highest BCUT2D eigenvalue weighted by atomic mass is 16.5. The fourth-order valence-corrected chi connectivity index (χ4v) is 2.83.